The summed E-state index contributed by atoms with van der Waals surface area (Å²) in [5.41, 5.74) is 7.09. The van der Waals surface area contributed by atoms with Crippen LogP contribution in [0.2, 0.25) is 0 Å². The van der Waals surface area contributed by atoms with Crippen molar-refractivity contribution in [1.82, 2.24) is 16.2 Å². The first-order chi connectivity index (χ1) is 18.0. The van der Waals surface area contributed by atoms with Gasteiger partial charge >= 0.3 is 0 Å². The number of nitrogens with one attached hydrogen (secondary N) is 3. The van der Waals surface area contributed by atoms with Gasteiger partial charge in [-0.25, -0.2) is 10.9 Å². The van der Waals surface area contributed by atoms with Gasteiger partial charge in [-0.15, -0.1) is 0 Å². The Bertz CT molecular complexity index is 1290. The van der Waals surface area contributed by atoms with Crippen molar-refractivity contribution in [2.75, 3.05) is 20.8 Å². The number of carbonyl (C=O) groups is 3. The van der Waals surface area contributed by atoms with Crippen LogP contribution < -0.4 is 25.6 Å². The fourth-order valence-electron chi connectivity index (χ4n) is 3.07. The summed E-state index contributed by atoms with van der Waals surface area (Å²) in [7, 11) is 3.14. The van der Waals surface area contributed by atoms with Crippen molar-refractivity contribution in [2.45, 2.75) is 6.42 Å². The van der Waals surface area contributed by atoms with Crippen LogP contribution in [-0.4, -0.2) is 50.9 Å². The van der Waals surface area contributed by atoms with Crippen molar-refractivity contribution in [3.8, 4) is 11.5 Å². The van der Waals surface area contributed by atoms with E-state index in [2.05, 4.69) is 26.4 Å². The number of carbonyl (C=O) groups excluding carboxylic acids is 3. The van der Waals surface area contributed by atoms with Crippen LogP contribution >= 0.6 is 0 Å². The van der Waals surface area contributed by atoms with Crippen molar-refractivity contribution >= 4 is 30.2 Å². The Hall–Kier alpha value is -4.99. The standard InChI is InChI=1S/C27H27N5O5/c1-36-23-7-3-5-19(15-23)17-29-31-25(33)13-14-28-26(34)21-9-11-22(12-10-21)27(35)32-30-18-20-6-4-8-24(16-20)37-2/h3-12,15-18H,13-14H2,1-2H3,(H,28,34)(H,31,33)(H,32,35)/b29-17+,30-18+. The van der Waals surface area contributed by atoms with Crippen molar-refractivity contribution in [3.05, 3.63) is 95.1 Å². The lowest BCUT2D eigenvalue weighted by molar-refractivity contribution is -0.120. The van der Waals surface area contributed by atoms with Crippen LogP contribution in [0.15, 0.2) is 83.0 Å². The number of hydrogen-bond acceptors (Lipinski definition) is 7. The summed E-state index contributed by atoms with van der Waals surface area (Å²) in [5, 5.41) is 10.5. The van der Waals surface area contributed by atoms with Gasteiger partial charge in [0.05, 0.1) is 26.6 Å². The molecule has 0 aliphatic rings. The predicted molar refractivity (Wildman–Crippen MR) is 140 cm³/mol. The third-order valence-electron chi connectivity index (χ3n) is 5.02. The minimum atomic E-state index is -0.419. The maximum absolute atomic E-state index is 12.3. The first-order valence-electron chi connectivity index (χ1n) is 11.3. The highest BCUT2D eigenvalue weighted by Crippen LogP contribution is 2.11. The molecule has 3 rings (SSSR count). The van der Waals surface area contributed by atoms with Gasteiger partial charge < -0.3 is 14.8 Å². The van der Waals surface area contributed by atoms with Crippen molar-refractivity contribution < 1.29 is 23.9 Å². The van der Waals surface area contributed by atoms with E-state index in [0.29, 0.717) is 22.6 Å². The van der Waals surface area contributed by atoms with Crippen LogP contribution in [0.25, 0.3) is 0 Å². The molecule has 0 saturated heterocycles. The van der Waals surface area contributed by atoms with Gasteiger partial charge in [-0.3, -0.25) is 14.4 Å². The number of nitrogens with zero attached hydrogens (tertiary/aromatic N) is 2. The van der Waals surface area contributed by atoms with E-state index in [-0.39, 0.29) is 24.8 Å². The SMILES string of the molecule is COc1cccc(/C=N/NC(=O)CCNC(=O)c2ccc(C(=O)N/N=C/c3cccc(OC)c3)cc2)c1. The molecule has 0 bridgehead atoms. The average Bonchev–Trinajstić information content (AvgIpc) is 2.93. The van der Waals surface area contributed by atoms with E-state index in [1.54, 1.807) is 32.4 Å². The van der Waals surface area contributed by atoms with Crippen LogP contribution in [0, 0.1) is 0 Å². The van der Waals surface area contributed by atoms with Gasteiger partial charge in [0, 0.05) is 24.1 Å². The second-order valence-corrected chi connectivity index (χ2v) is 7.63. The molecule has 10 heteroatoms. The molecule has 0 atom stereocenters. The van der Waals surface area contributed by atoms with Gasteiger partial charge in [-0.1, -0.05) is 24.3 Å². The van der Waals surface area contributed by atoms with Gasteiger partial charge in [0.1, 0.15) is 11.5 Å². The van der Waals surface area contributed by atoms with E-state index < -0.39 is 5.91 Å². The molecular formula is C27H27N5O5. The lowest BCUT2D eigenvalue weighted by Gasteiger charge is -2.06. The van der Waals surface area contributed by atoms with E-state index in [1.807, 2.05) is 30.3 Å². The highest BCUT2D eigenvalue weighted by molar-refractivity contribution is 5.98. The molecule has 3 N–H and O–H groups in total. The second-order valence-electron chi connectivity index (χ2n) is 7.63. The molecule has 3 aromatic carbocycles. The summed E-state index contributed by atoms with van der Waals surface area (Å²) in [5.74, 6) is 0.237. The van der Waals surface area contributed by atoms with Crippen LogP contribution in [0.1, 0.15) is 38.3 Å². The molecule has 0 spiro atoms. The van der Waals surface area contributed by atoms with Crippen LogP contribution in [0.5, 0.6) is 11.5 Å². The Morgan fingerprint density at radius 3 is 1.78 bits per heavy atom. The molecule has 0 heterocycles. The molecule has 3 amide bonds. The van der Waals surface area contributed by atoms with E-state index in [9.17, 15) is 14.4 Å². The number of amides is 3. The molecule has 0 unspecified atom stereocenters. The summed E-state index contributed by atoms with van der Waals surface area (Å²) in [4.78, 5) is 36.6. The molecular weight excluding hydrogens is 474 g/mol. The molecule has 0 aliphatic heterocycles. The lowest BCUT2D eigenvalue weighted by atomic mass is 10.1. The molecule has 0 saturated carbocycles. The summed E-state index contributed by atoms with van der Waals surface area (Å²) in [6, 6.07) is 20.5. The lowest BCUT2D eigenvalue weighted by Crippen LogP contribution is -2.29. The maximum Gasteiger partial charge on any atom is 0.271 e. The smallest absolute Gasteiger partial charge is 0.271 e. The number of ether oxygens (including phenoxy) is 2. The summed E-state index contributed by atoms with van der Waals surface area (Å²) < 4.78 is 10.3. The Labute approximate surface area is 214 Å². The highest BCUT2D eigenvalue weighted by Gasteiger charge is 2.09. The number of hydrazone groups is 2. The number of hydrogen-bond donors (Lipinski definition) is 3. The zero-order valence-corrected chi connectivity index (χ0v) is 20.4. The molecule has 37 heavy (non-hydrogen) atoms. The summed E-state index contributed by atoms with van der Waals surface area (Å²) >= 11 is 0. The van der Waals surface area contributed by atoms with Crippen molar-refractivity contribution in [1.29, 1.82) is 0 Å². The number of benzene rings is 3. The molecule has 0 aromatic heterocycles. The summed E-state index contributed by atoms with van der Waals surface area (Å²) in [6.45, 7) is 0.126. The largest absolute Gasteiger partial charge is 0.497 e. The van der Waals surface area contributed by atoms with Gasteiger partial charge in [-0.05, 0) is 59.7 Å². The molecule has 10 nitrogen and oxygen atoms in total. The average molecular weight is 502 g/mol. The zero-order chi connectivity index (χ0) is 26.5. The number of rotatable bonds is 11. The quantitative estimate of drug-likeness (QED) is 0.275. The molecule has 3 aromatic rings. The van der Waals surface area contributed by atoms with Crippen LogP contribution in [0.3, 0.4) is 0 Å². The Balaban J connectivity index is 1.40. The first kappa shape index (κ1) is 26.6. The van der Waals surface area contributed by atoms with Gasteiger partial charge in [0.2, 0.25) is 5.91 Å². The van der Waals surface area contributed by atoms with Crippen LogP contribution in [-0.2, 0) is 4.79 Å². The Morgan fingerprint density at radius 1 is 0.730 bits per heavy atom. The monoisotopic (exact) mass is 501 g/mol. The highest BCUT2D eigenvalue weighted by atomic mass is 16.5. The van der Waals surface area contributed by atoms with Gasteiger partial charge in [-0.2, -0.15) is 10.2 Å². The molecule has 0 aliphatic carbocycles. The van der Waals surface area contributed by atoms with Crippen molar-refractivity contribution in [2.24, 2.45) is 10.2 Å². The topological polar surface area (TPSA) is 130 Å². The molecule has 190 valence electrons. The molecule has 0 fully saturated rings. The first-order valence-corrected chi connectivity index (χ1v) is 11.3. The van der Waals surface area contributed by atoms with E-state index >= 15 is 0 Å². The van der Waals surface area contributed by atoms with Crippen molar-refractivity contribution in [3.63, 3.8) is 0 Å². The summed E-state index contributed by atoms with van der Waals surface area (Å²) in [6.07, 6.45) is 3.05. The number of methoxy groups -OCH3 is 2. The predicted octanol–water partition coefficient (Wildman–Crippen LogP) is 2.74. The fourth-order valence-corrected chi connectivity index (χ4v) is 3.07. The van der Waals surface area contributed by atoms with Crippen LogP contribution in [0.4, 0.5) is 0 Å². The zero-order valence-electron chi connectivity index (χ0n) is 20.4. The Kier molecular flexibility index (Phi) is 9.91. The second kappa shape index (κ2) is 13.8. The third kappa shape index (κ3) is 8.62. The van der Waals surface area contributed by atoms with Gasteiger partial charge in [0.25, 0.3) is 11.8 Å². The Morgan fingerprint density at radius 2 is 1.24 bits per heavy atom. The van der Waals surface area contributed by atoms with E-state index in [0.717, 1.165) is 11.1 Å². The minimum Gasteiger partial charge on any atom is -0.497 e. The maximum atomic E-state index is 12.3. The third-order valence-corrected chi connectivity index (χ3v) is 5.02. The van der Waals surface area contributed by atoms with E-state index in [4.69, 9.17) is 9.47 Å². The van der Waals surface area contributed by atoms with Gasteiger partial charge in [0.15, 0.2) is 0 Å². The molecule has 0 radical (unpaired) electrons. The normalized spacial score (nSPS) is 10.8. The minimum absolute atomic E-state index is 0.0486. The van der Waals surface area contributed by atoms with E-state index in [1.165, 1.54) is 36.7 Å². The fraction of sp³-hybridized carbons (Fsp3) is 0.148.